The van der Waals surface area contributed by atoms with E-state index in [9.17, 15) is 14.6 Å². The van der Waals surface area contributed by atoms with E-state index in [-0.39, 0.29) is 22.9 Å². The number of rotatable bonds is 2. The summed E-state index contributed by atoms with van der Waals surface area (Å²) in [4.78, 5) is 11.0. The van der Waals surface area contributed by atoms with E-state index in [2.05, 4.69) is 15.0 Å². The number of fused-ring (bicyclic) bond motifs is 1. The molecule has 4 atom stereocenters. The number of halogens is 1. The summed E-state index contributed by atoms with van der Waals surface area (Å²) >= 11 is 0. The Morgan fingerprint density at radius 3 is 2.67 bits per heavy atom. The number of imidazole rings is 1. The smallest absolute Gasteiger partial charge is 0.312 e. The second-order valence-electron chi connectivity index (χ2n) is 5.42. The average Bonchev–Trinajstić information content (AvgIpc) is 2.93. The van der Waals surface area contributed by atoms with Crippen molar-refractivity contribution < 1.29 is 19.3 Å². The molecule has 21 heavy (non-hydrogen) atoms. The second kappa shape index (κ2) is 4.86. The van der Waals surface area contributed by atoms with Crippen LogP contribution < -0.4 is 5.73 Å². The van der Waals surface area contributed by atoms with Crippen molar-refractivity contribution in [3.05, 3.63) is 12.4 Å². The van der Waals surface area contributed by atoms with Crippen LogP contribution in [0.1, 0.15) is 20.1 Å². The van der Waals surface area contributed by atoms with Gasteiger partial charge in [-0.3, -0.25) is 4.57 Å². The molecule has 2 aromatic heterocycles. The largest absolute Gasteiger partial charge is 0.388 e. The summed E-state index contributed by atoms with van der Waals surface area (Å²) in [5.74, 6) is -0.0874. The lowest BCUT2D eigenvalue weighted by Gasteiger charge is -2.18. The Morgan fingerprint density at radius 1 is 1.33 bits per heavy atom. The van der Waals surface area contributed by atoms with E-state index in [1.165, 1.54) is 10.9 Å². The van der Waals surface area contributed by atoms with E-state index in [0.29, 0.717) is 0 Å². The van der Waals surface area contributed by atoms with Crippen molar-refractivity contribution in [1.82, 2.24) is 19.5 Å². The Balaban J connectivity index is 2.05. The molecular weight excluding hydrogens is 281 g/mol. The Bertz CT molecular complexity index is 676. The topological polar surface area (TPSA) is 119 Å². The fourth-order valence-corrected chi connectivity index (χ4v) is 2.56. The molecule has 0 spiro atoms. The van der Waals surface area contributed by atoms with Gasteiger partial charge in [-0.2, -0.15) is 14.4 Å². The van der Waals surface area contributed by atoms with Crippen LogP contribution in [0.4, 0.5) is 10.2 Å². The third-order valence-electron chi connectivity index (χ3n) is 3.63. The highest BCUT2D eigenvalue weighted by Gasteiger charge is 2.45. The predicted molar refractivity (Wildman–Crippen MR) is 70.5 cm³/mol. The summed E-state index contributed by atoms with van der Waals surface area (Å²) in [7, 11) is 0. The van der Waals surface area contributed by atoms with Gasteiger partial charge in [0.25, 0.3) is 0 Å². The van der Waals surface area contributed by atoms with Gasteiger partial charge in [-0.05, 0) is 5.92 Å². The molecule has 4 N–H and O–H groups in total. The van der Waals surface area contributed by atoms with Gasteiger partial charge in [-0.1, -0.05) is 13.8 Å². The Kier molecular flexibility index (Phi) is 3.27. The zero-order chi connectivity index (χ0) is 15.3. The molecule has 3 heterocycles. The Hall–Kier alpha value is -1.84. The lowest BCUT2D eigenvalue weighted by atomic mass is 10.0. The molecule has 9 heteroatoms. The van der Waals surface area contributed by atoms with Gasteiger partial charge >= 0.3 is 6.08 Å². The maximum absolute atomic E-state index is 13.3. The molecule has 0 bridgehead atoms. The number of hydrogen-bond donors (Lipinski definition) is 3. The van der Waals surface area contributed by atoms with Crippen molar-refractivity contribution >= 4 is 17.0 Å². The summed E-state index contributed by atoms with van der Waals surface area (Å²) in [5.41, 5.74) is 5.92. The van der Waals surface area contributed by atoms with E-state index in [1.807, 2.05) is 13.8 Å². The number of aliphatic hydroxyl groups excluding tert-OH is 2. The van der Waals surface area contributed by atoms with Crippen LogP contribution in [0.3, 0.4) is 0 Å². The first-order chi connectivity index (χ1) is 9.90. The molecule has 114 valence electrons. The first kappa shape index (κ1) is 14.1. The van der Waals surface area contributed by atoms with Crippen molar-refractivity contribution in [3.63, 3.8) is 0 Å². The van der Waals surface area contributed by atoms with Crippen LogP contribution in [-0.4, -0.2) is 48.0 Å². The molecule has 0 aromatic carbocycles. The zero-order valence-electron chi connectivity index (χ0n) is 11.5. The maximum atomic E-state index is 13.3. The fraction of sp³-hybridized carbons (Fsp3) is 0.583. The second-order valence-corrected chi connectivity index (χ2v) is 5.42. The molecule has 4 unspecified atom stereocenters. The number of anilines is 1. The van der Waals surface area contributed by atoms with E-state index in [4.69, 9.17) is 10.5 Å². The number of hydrogen-bond acceptors (Lipinski definition) is 7. The van der Waals surface area contributed by atoms with Crippen molar-refractivity contribution in [2.75, 3.05) is 5.73 Å². The van der Waals surface area contributed by atoms with Crippen LogP contribution in [0, 0.1) is 12.0 Å². The first-order valence-electron chi connectivity index (χ1n) is 6.57. The highest BCUT2D eigenvalue weighted by molar-refractivity contribution is 5.81. The standard InChI is InChI=1S/C12H16FN5O3/c1-4(2)8-6(19)7(20)11(21-8)18-3-15-5-9(14)16-12(13)17-10(5)18/h3-4,6-8,11,19-20H,1-2H3,(H2,14,16,17). The van der Waals surface area contributed by atoms with E-state index in [1.54, 1.807) is 0 Å². The third-order valence-corrected chi connectivity index (χ3v) is 3.63. The molecule has 1 fully saturated rings. The number of nitrogens with zero attached hydrogens (tertiary/aromatic N) is 4. The number of ether oxygens (including phenoxy) is 1. The van der Waals surface area contributed by atoms with Crippen LogP contribution in [-0.2, 0) is 4.74 Å². The van der Waals surface area contributed by atoms with E-state index < -0.39 is 30.6 Å². The van der Waals surface area contributed by atoms with Crippen molar-refractivity contribution in [2.24, 2.45) is 5.92 Å². The van der Waals surface area contributed by atoms with Gasteiger partial charge in [-0.25, -0.2) is 4.98 Å². The van der Waals surface area contributed by atoms with Gasteiger partial charge in [0.15, 0.2) is 23.2 Å². The van der Waals surface area contributed by atoms with Gasteiger partial charge in [0.1, 0.15) is 12.2 Å². The lowest BCUT2D eigenvalue weighted by Crippen LogP contribution is -2.33. The third kappa shape index (κ3) is 2.13. The Morgan fingerprint density at radius 2 is 2.05 bits per heavy atom. The van der Waals surface area contributed by atoms with Crippen molar-refractivity contribution in [2.45, 2.75) is 38.4 Å². The summed E-state index contributed by atoms with van der Waals surface area (Å²) < 4.78 is 20.4. The molecule has 0 aliphatic carbocycles. The molecular formula is C12H16FN5O3. The van der Waals surface area contributed by atoms with Crippen LogP contribution >= 0.6 is 0 Å². The van der Waals surface area contributed by atoms with Gasteiger partial charge < -0.3 is 20.7 Å². The van der Waals surface area contributed by atoms with E-state index in [0.717, 1.165) is 0 Å². The molecule has 8 nitrogen and oxygen atoms in total. The monoisotopic (exact) mass is 297 g/mol. The summed E-state index contributed by atoms with van der Waals surface area (Å²) in [6.45, 7) is 3.74. The van der Waals surface area contributed by atoms with Crippen molar-refractivity contribution in [1.29, 1.82) is 0 Å². The van der Waals surface area contributed by atoms with Crippen LogP contribution in [0.15, 0.2) is 6.33 Å². The summed E-state index contributed by atoms with van der Waals surface area (Å²) in [6.07, 6.45) is -3.32. The van der Waals surface area contributed by atoms with Gasteiger partial charge in [0.05, 0.1) is 12.4 Å². The first-order valence-corrected chi connectivity index (χ1v) is 6.57. The minimum Gasteiger partial charge on any atom is -0.388 e. The maximum Gasteiger partial charge on any atom is 0.312 e. The number of aromatic nitrogens is 4. The SMILES string of the molecule is CC(C)C1OC(n2cnc3c(N)nc(F)nc32)C(O)C1O. The highest BCUT2D eigenvalue weighted by Crippen LogP contribution is 2.34. The minimum absolute atomic E-state index is 0.00543. The molecule has 2 aromatic rings. The molecule has 3 rings (SSSR count). The average molecular weight is 297 g/mol. The lowest BCUT2D eigenvalue weighted by molar-refractivity contribution is -0.0493. The molecule has 1 aliphatic heterocycles. The number of nitrogen functional groups attached to an aromatic ring is 1. The van der Waals surface area contributed by atoms with Gasteiger partial charge in [0, 0.05) is 0 Å². The van der Waals surface area contributed by atoms with Crippen LogP contribution in [0.5, 0.6) is 0 Å². The summed E-state index contributed by atoms with van der Waals surface area (Å²) in [6, 6.07) is 0. The number of nitrogens with two attached hydrogens (primary N) is 1. The molecule has 0 amide bonds. The van der Waals surface area contributed by atoms with Crippen molar-refractivity contribution in [3.8, 4) is 0 Å². The number of aliphatic hydroxyl groups is 2. The minimum atomic E-state index is -1.17. The van der Waals surface area contributed by atoms with Gasteiger partial charge in [0.2, 0.25) is 0 Å². The highest BCUT2D eigenvalue weighted by atomic mass is 19.1. The predicted octanol–water partition coefficient (Wildman–Crippen LogP) is -0.177. The normalized spacial score (nSPS) is 29.6. The van der Waals surface area contributed by atoms with Crippen LogP contribution in [0.25, 0.3) is 11.2 Å². The molecule has 1 aliphatic rings. The molecule has 0 radical (unpaired) electrons. The van der Waals surface area contributed by atoms with E-state index >= 15 is 0 Å². The molecule has 0 saturated carbocycles. The Labute approximate surface area is 119 Å². The molecule has 1 saturated heterocycles. The summed E-state index contributed by atoms with van der Waals surface area (Å²) in [5, 5.41) is 20.2. The van der Waals surface area contributed by atoms with Crippen LogP contribution in [0.2, 0.25) is 0 Å². The zero-order valence-corrected chi connectivity index (χ0v) is 11.5. The van der Waals surface area contributed by atoms with Gasteiger partial charge in [-0.15, -0.1) is 0 Å². The quantitative estimate of drug-likeness (QED) is 0.658. The fourth-order valence-electron chi connectivity index (χ4n) is 2.56.